The van der Waals surface area contributed by atoms with Crippen molar-refractivity contribution in [2.24, 2.45) is 11.8 Å². The van der Waals surface area contributed by atoms with E-state index in [9.17, 15) is 23.2 Å². The Morgan fingerprint density at radius 1 is 0.818 bits per heavy atom. The highest BCUT2D eigenvalue weighted by atomic mass is 19.3. The molecule has 0 unspecified atom stereocenters. The number of nitrogens with one attached hydrogen (secondary N) is 2. The van der Waals surface area contributed by atoms with Gasteiger partial charge in [-0.25, -0.2) is 18.4 Å². The topological polar surface area (TPSA) is 93.7 Å². The van der Waals surface area contributed by atoms with Crippen molar-refractivity contribution in [3.05, 3.63) is 0 Å². The van der Waals surface area contributed by atoms with E-state index in [4.69, 9.17) is 9.47 Å². The van der Waals surface area contributed by atoms with E-state index in [1.54, 1.807) is 20.8 Å². The summed E-state index contributed by atoms with van der Waals surface area (Å²) in [5.74, 6) is -1.61. The van der Waals surface area contributed by atoms with Gasteiger partial charge in [0.25, 0.3) is 0 Å². The van der Waals surface area contributed by atoms with Crippen molar-refractivity contribution >= 4 is 18.0 Å². The standard InChI is InChI=1S/C12H21F2NO2.C12H21NO3/c1-11(2,3)17-10(16)15-8-9-4-6-12(13,14)7-5-9;1-12(2,3)16-11(15)13-8-9-4-6-10(14)7-5-9/h9H,4-8H2,1-3H3,(H,15,16);9H,4-8H2,1-3H3,(H,13,15). The van der Waals surface area contributed by atoms with E-state index in [-0.39, 0.29) is 24.9 Å². The van der Waals surface area contributed by atoms with Crippen LogP contribution in [-0.4, -0.2) is 48.2 Å². The highest BCUT2D eigenvalue weighted by Crippen LogP contribution is 2.35. The molecule has 2 aliphatic carbocycles. The number of carbonyl (C=O) groups is 3. The summed E-state index contributed by atoms with van der Waals surface area (Å²) in [5, 5.41) is 5.38. The Bertz CT molecular complexity index is 636. The third-order valence-corrected chi connectivity index (χ3v) is 5.37. The molecule has 0 atom stereocenters. The lowest BCUT2D eigenvalue weighted by molar-refractivity contribution is -0.120. The van der Waals surface area contributed by atoms with E-state index in [0.717, 1.165) is 12.8 Å². The third-order valence-electron chi connectivity index (χ3n) is 5.37. The molecule has 192 valence electrons. The van der Waals surface area contributed by atoms with Crippen molar-refractivity contribution < 1.29 is 32.6 Å². The number of rotatable bonds is 4. The maximum atomic E-state index is 12.9. The van der Waals surface area contributed by atoms with Crippen molar-refractivity contribution in [3.8, 4) is 0 Å². The number of ketones is 1. The molecule has 0 saturated heterocycles. The van der Waals surface area contributed by atoms with Crippen LogP contribution in [0.2, 0.25) is 0 Å². The van der Waals surface area contributed by atoms with Crippen LogP contribution >= 0.6 is 0 Å². The number of hydrogen-bond donors (Lipinski definition) is 2. The van der Waals surface area contributed by atoms with Gasteiger partial charge in [0.1, 0.15) is 17.0 Å². The van der Waals surface area contributed by atoms with Crippen LogP contribution in [0, 0.1) is 11.8 Å². The van der Waals surface area contributed by atoms with E-state index >= 15 is 0 Å². The Labute approximate surface area is 196 Å². The minimum absolute atomic E-state index is 0.0757. The first-order valence-electron chi connectivity index (χ1n) is 11.9. The zero-order chi connectivity index (χ0) is 25.3. The van der Waals surface area contributed by atoms with Crippen LogP contribution in [0.25, 0.3) is 0 Å². The van der Waals surface area contributed by atoms with Crippen LogP contribution in [0.5, 0.6) is 0 Å². The number of halogens is 2. The number of Topliss-reactive ketones (excluding diaryl/α,β-unsaturated/α-hetero) is 1. The molecule has 0 bridgehead atoms. The van der Waals surface area contributed by atoms with Gasteiger partial charge in [-0.15, -0.1) is 0 Å². The average Bonchev–Trinajstić information content (AvgIpc) is 2.64. The summed E-state index contributed by atoms with van der Waals surface area (Å²) in [7, 11) is 0. The Hall–Kier alpha value is -1.93. The first-order chi connectivity index (χ1) is 15.0. The molecule has 2 N–H and O–H groups in total. The lowest BCUT2D eigenvalue weighted by Gasteiger charge is -2.28. The number of hydrogen-bond acceptors (Lipinski definition) is 5. The second-order valence-corrected chi connectivity index (χ2v) is 11.0. The van der Waals surface area contributed by atoms with Gasteiger partial charge in [-0.2, -0.15) is 0 Å². The summed E-state index contributed by atoms with van der Waals surface area (Å²) < 4.78 is 36.0. The summed E-state index contributed by atoms with van der Waals surface area (Å²) >= 11 is 0. The van der Waals surface area contributed by atoms with Crippen LogP contribution in [-0.2, 0) is 14.3 Å². The molecule has 7 nitrogen and oxygen atoms in total. The summed E-state index contributed by atoms with van der Waals surface area (Å²) in [4.78, 5) is 33.7. The number of ether oxygens (including phenoxy) is 2. The molecule has 0 aromatic rings. The fourth-order valence-corrected chi connectivity index (χ4v) is 3.59. The predicted molar refractivity (Wildman–Crippen MR) is 122 cm³/mol. The van der Waals surface area contributed by atoms with Gasteiger partial charge in [-0.3, -0.25) is 4.79 Å². The molecule has 33 heavy (non-hydrogen) atoms. The maximum Gasteiger partial charge on any atom is 0.407 e. The zero-order valence-electron chi connectivity index (χ0n) is 21.0. The van der Waals surface area contributed by atoms with Gasteiger partial charge in [0.15, 0.2) is 0 Å². The molecule has 2 aliphatic rings. The quantitative estimate of drug-likeness (QED) is 0.550. The summed E-state index contributed by atoms with van der Waals surface area (Å²) in [6.45, 7) is 11.9. The highest BCUT2D eigenvalue weighted by molar-refractivity contribution is 5.79. The van der Waals surface area contributed by atoms with Crippen LogP contribution < -0.4 is 10.6 Å². The number of alkyl carbamates (subject to hydrolysis) is 2. The minimum atomic E-state index is -2.51. The molecule has 0 radical (unpaired) electrons. The third kappa shape index (κ3) is 14.8. The van der Waals surface area contributed by atoms with E-state index in [0.29, 0.717) is 50.5 Å². The molecule has 2 amide bonds. The van der Waals surface area contributed by atoms with E-state index in [1.165, 1.54) is 0 Å². The van der Waals surface area contributed by atoms with Gasteiger partial charge in [0.2, 0.25) is 5.92 Å². The van der Waals surface area contributed by atoms with Crippen molar-refractivity contribution in [2.75, 3.05) is 13.1 Å². The Kier molecular flexibility index (Phi) is 11.0. The van der Waals surface area contributed by atoms with Gasteiger partial charge in [-0.1, -0.05) is 0 Å². The van der Waals surface area contributed by atoms with Gasteiger partial charge in [0.05, 0.1) is 0 Å². The molecular formula is C24H42F2N2O5. The first kappa shape index (κ1) is 29.1. The minimum Gasteiger partial charge on any atom is -0.444 e. The molecular weight excluding hydrogens is 434 g/mol. The van der Waals surface area contributed by atoms with Gasteiger partial charge in [-0.05, 0) is 79.1 Å². The molecule has 0 aromatic heterocycles. The van der Waals surface area contributed by atoms with Crippen LogP contribution in [0.3, 0.4) is 0 Å². The first-order valence-corrected chi connectivity index (χ1v) is 11.9. The SMILES string of the molecule is CC(C)(C)OC(=O)NCC1CCC(=O)CC1.CC(C)(C)OC(=O)NCC1CCC(F)(F)CC1. The molecule has 0 aromatic carbocycles. The molecule has 0 heterocycles. The Morgan fingerprint density at radius 2 is 1.18 bits per heavy atom. The summed E-state index contributed by atoms with van der Waals surface area (Å²) in [6, 6.07) is 0. The molecule has 2 fully saturated rings. The number of alkyl halides is 2. The normalized spacial score (nSPS) is 19.7. The number of amides is 2. The Morgan fingerprint density at radius 3 is 1.55 bits per heavy atom. The van der Waals surface area contributed by atoms with Gasteiger partial charge in [0, 0.05) is 38.8 Å². The summed E-state index contributed by atoms with van der Waals surface area (Å²) in [6.07, 6.45) is 3.00. The van der Waals surface area contributed by atoms with Crippen LogP contribution in [0.1, 0.15) is 92.9 Å². The van der Waals surface area contributed by atoms with Gasteiger partial charge < -0.3 is 20.1 Å². The van der Waals surface area contributed by atoms with Crippen molar-refractivity contribution in [1.29, 1.82) is 0 Å². The fraction of sp³-hybridized carbons (Fsp3) is 0.875. The van der Waals surface area contributed by atoms with Crippen molar-refractivity contribution in [2.45, 2.75) is 110 Å². The van der Waals surface area contributed by atoms with Crippen LogP contribution in [0.4, 0.5) is 18.4 Å². The maximum absolute atomic E-state index is 12.9. The van der Waals surface area contributed by atoms with Crippen molar-refractivity contribution in [1.82, 2.24) is 10.6 Å². The van der Waals surface area contributed by atoms with E-state index in [1.807, 2.05) is 20.8 Å². The fourth-order valence-electron chi connectivity index (χ4n) is 3.59. The second-order valence-electron chi connectivity index (χ2n) is 11.0. The smallest absolute Gasteiger partial charge is 0.407 e. The number of carbonyl (C=O) groups excluding carboxylic acids is 3. The molecule has 0 aliphatic heterocycles. The Balaban J connectivity index is 0.000000331. The monoisotopic (exact) mass is 476 g/mol. The van der Waals surface area contributed by atoms with Crippen molar-refractivity contribution in [3.63, 3.8) is 0 Å². The lowest BCUT2D eigenvalue weighted by atomic mass is 9.87. The average molecular weight is 477 g/mol. The zero-order valence-corrected chi connectivity index (χ0v) is 21.0. The van der Waals surface area contributed by atoms with E-state index in [2.05, 4.69) is 10.6 Å². The van der Waals surface area contributed by atoms with Gasteiger partial charge >= 0.3 is 12.2 Å². The summed E-state index contributed by atoms with van der Waals surface area (Å²) in [5.41, 5.74) is -0.976. The second kappa shape index (κ2) is 12.5. The lowest BCUT2D eigenvalue weighted by Crippen LogP contribution is -2.37. The van der Waals surface area contributed by atoms with Crippen LogP contribution in [0.15, 0.2) is 0 Å². The predicted octanol–water partition coefficient (Wildman–Crippen LogP) is 5.61. The molecule has 2 saturated carbocycles. The van der Waals surface area contributed by atoms with E-state index < -0.39 is 23.2 Å². The largest absolute Gasteiger partial charge is 0.444 e. The molecule has 2 rings (SSSR count). The highest BCUT2D eigenvalue weighted by Gasteiger charge is 2.35. The molecule has 0 spiro atoms. The molecule has 9 heteroatoms.